The molecule has 0 fully saturated rings. The Hall–Kier alpha value is -0.910. The van der Waals surface area contributed by atoms with Crippen LogP contribution in [0.4, 0.5) is 0 Å². The number of hydrogen-bond donors (Lipinski definition) is 2. The third kappa shape index (κ3) is 3.02. The highest BCUT2D eigenvalue weighted by molar-refractivity contribution is 7.90. The Bertz CT molecular complexity index is 408. The van der Waals surface area contributed by atoms with Crippen molar-refractivity contribution >= 4 is 9.84 Å². The maximum absolute atomic E-state index is 11.2. The first-order chi connectivity index (χ1) is 6.99. The second-order valence-corrected chi connectivity index (χ2v) is 5.48. The zero-order chi connectivity index (χ0) is 11.5. The maximum atomic E-state index is 11.2. The fourth-order valence-electron chi connectivity index (χ4n) is 1.40. The molecular weight excluding hydrogens is 212 g/mol. The minimum Gasteiger partial charge on any atom is -0.271 e. The zero-order valence-corrected chi connectivity index (χ0v) is 9.71. The van der Waals surface area contributed by atoms with E-state index in [0.29, 0.717) is 4.90 Å². The average Bonchev–Trinajstić information content (AvgIpc) is 2.19. The lowest BCUT2D eigenvalue weighted by molar-refractivity contribution is 0.538. The van der Waals surface area contributed by atoms with Crippen LogP contribution in [0.15, 0.2) is 29.2 Å². The van der Waals surface area contributed by atoms with Gasteiger partial charge in [0, 0.05) is 12.3 Å². The molecule has 4 nitrogen and oxygen atoms in total. The first-order valence-electron chi connectivity index (χ1n) is 4.75. The predicted molar refractivity (Wildman–Crippen MR) is 59.9 cm³/mol. The molecule has 0 radical (unpaired) electrons. The smallest absolute Gasteiger partial charge is 0.175 e. The lowest BCUT2D eigenvalue weighted by Crippen LogP contribution is -2.27. The summed E-state index contributed by atoms with van der Waals surface area (Å²) in [7, 11) is -3.11. The highest BCUT2D eigenvalue weighted by Crippen LogP contribution is 2.17. The quantitative estimate of drug-likeness (QED) is 0.596. The molecule has 3 N–H and O–H groups in total. The summed E-state index contributed by atoms with van der Waals surface area (Å²) in [5, 5.41) is 0. The molecule has 0 spiro atoms. The van der Waals surface area contributed by atoms with Crippen LogP contribution in [0, 0.1) is 0 Å². The van der Waals surface area contributed by atoms with Gasteiger partial charge >= 0.3 is 0 Å². The summed E-state index contributed by atoms with van der Waals surface area (Å²) in [6.07, 6.45) is 2.05. The summed E-state index contributed by atoms with van der Waals surface area (Å²) in [6, 6.07) is 6.84. The van der Waals surface area contributed by atoms with Gasteiger partial charge in [-0.05, 0) is 24.1 Å². The number of hydrazine groups is 1. The van der Waals surface area contributed by atoms with Crippen LogP contribution in [-0.4, -0.2) is 14.7 Å². The number of nitrogens with two attached hydrogens (primary N) is 1. The molecule has 0 amide bonds. The van der Waals surface area contributed by atoms with Crippen molar-refractivity contribution < 1.29 is 8.42 Å². The van der Waals surface area contributed by atoms with Crippen molar-refractivity contribution in [3.8, 4) is 0 Å². The molecule has 1 rings (SSSR count). The minimum atomic E-state index is -3.11. The maximum Gasteiger partial charge on any atom is 0.175 e. The Morgan fingerprint density at radius 2 is 1.87 bits per heavy atom. The number of nitrogens with one attached hydrogen (secondary N) is 1. The Labute approximate surface area is 90.4 Å². The molecule has 15 heavy (non-hydrogen) atoms. The van der Waals surface area contributed by atoms with Gasteiger partial charge in [-0.15, -0.1) is 0 Å². The Balaban J connectivity index is 3.00. The van der Waals surface area contributed by atoms with E-state index in [1.54, 1.807) is 24.3 Å². The Morgan fingerprint density at radius 3 is 2.20 bits per heavy atom. The molecule has 1 aromatic rings. The van der Waals surface area contributed by atoms with Gasteiger partial charge in [-0.1, -0.05) is 19.1 Å². The predicted octanol–water partition coefficient (Wildman–Crippen LogP) is 1.00. The van der Waals surface area contributed by atoms with Crippen LogP contribution in [0.3, 0.4) is 0 Å². The van der Waals surface area contributed by atoms with Gasteiger partial charge in [-0.2, -0.15) is 0 Å². The second-order valence-electron chi connectivity index (χ2n) is 3.47. The van der Waals surface area contributed by atoms with E-state index < -0.39 is 9.84 Å². The number of benzene rings is 1. The van der Waals surface area contributed by atoms with Gasteiger partial charge in [0.25, 0.3) is 0 Å². The first-order valence-corrected chi connectivity index (χ1v) is 6.64. The molecule has 5 heteroatoms. The van der Waals surface area contributed by atoms with E-state index in [-0.39, 0.29) is 6.04 Å². The summed E-state index contributed by atoms with van der Waals surface area (Å²) >= 11 is 0. The molecule has 1 aromatic carbocycles. The van der Waals surface area contributed by atoms with Crippen LogP contribution in [-0.2, 0) is 9.84 Å². The van der Waals surface area contributed by atoms with Gasteiger partial charge in [0.05, 0.1) is 4.90 Å². The molecule has 0 aliphatic heterocycles. The van der Waals surface area contributed by atoms with Crippen LogP contribution >= 0.6 is 0 Å². The lowest BCUT2D eigenvalue weighted by Gasteiger charge is -2.13. The molecule has 1 unspecified atom stereocenters. The van der Waals surface area contributed by atoms with Gasteiger partial charge in [-0.25, -0.2) is 8.42 Å². The van der Waals surface area contributed by atoms with Gasteiger partial charge in [0.2, 0.25) is 0 Å². The molecular formula is C10H16N2O2S. The van der Waals surface area contributed by atoms with Crippen LogP contribution in [0.2, 0.25) is 0 Å². The third-order valence-electron chi connectivity index (χ3n) is 2.32. The van der Waals surface area contributed by atoms with Crippen LogP contribution in [0.25, 0.3) is 0 Å². The zero-order valence-electron chi connectivity index (χ0n) is 8.90. The van der Waals surface area contributed by atoms with Crippen molar-refractivity contribution in [3.63, 3.8) is 0 Å². The van der Waals surface area contributed by atoms with Crippen molar-refractivity contribution in [2.75, 3.05) is 6.26 Å². The molecule has 0 saturated heterocycles. The van der Waals surface area contributed by atoms with E-state index in [0.717, 1.165) is 12.0 Å². The van der Waals surface area contributed by atoms with Crippen molar-refractivity contribution in [3.05, 3.63) is 29.8 Å². The Morgan fingerprint density at radius 1 is 1.33 bits per heavy atom. The van der Waals surface area contributed by atoms with Crippen LogP contribution in [0.1, 0.15) is 24.9 Å². The molecule has 1 atom stereocenters. The van der Waals surface area contributed by atoms with E-state index in [2.05, 4.69) is 5.43 Å². The van der Waals surface area contributed by atoms with Crippen molar-refractivity contribution in [2.45, 2.75) is 24.3 Å². The van der Waals surface area contributed by atoms with E-state index in [1.807, 2.05) is 6.92 Å². The van der Waals surface area contributed by atoms with E-state index in [1.165, 1.54) is 6.26 Å². The van der Waals surface area contributed by atoms with Crippen LogP contribution < -0.4 is 11.3 Å². The van der Waals surface area contributed by atoms with Gasteiger partial charge < -0.3 is 0 Å². The summed E-state index contributed by atoms with van der Waals surface area (Å²) < 4.78 is 22.4. The van der Waals surface area contributed by atoms with E-state index in [4.69, 9.17) is 5.84 Å². The van der Waals surface area contributed by atoms with Crippen molar-refractivity contribution in [2.24, 2.45) is 5.84 Å². The molecule has 84 valence electrons. The van der Waals surface area contributed by atoms with Gasteiger partial charge in [0.1, 0.15) is 0 Å². The molecule has 0 heterocycles. The molecule has 0 aliphatic carbocycles. The Kier molecular flexibility index (Phi) is 3.84. The summed E-state index contributed by atoms with van der Waals surface area (Å²) in [5.74, 6) is 5.37. The lowest BCUT2D eigenvalue weighted by atomic mass is 10.1. The molecule has 0 bridgehead atoms. The third-order valence-corrected chi connectivity index (χ3v) is 3.45. The average molecular weight is 228 g/mol. The first kappa shape index (κ1) is 12.2. The van der Waals surface area contributed by atoms with Crippen molar-refractivity contribution in [1.82, 2.24) is 5.43 Å². The summed E-state index contributed by atoms with van der Waals surface area (Å²) in [5.41, 5.74) is 3.67. The molecule has 0 aromatic heterocycles. The minimum absolute atomic E-state index is 0.0682. The molecule has 0 aliphatic rings. The fraction of sp³-hybridized carbons (Fsp3) is 0.400. The largest absolute Gasteiger partial charge is 0.271 e. The second kappa shape index (κ2) is 4.74. The normalized spacial score (nSPS) is 13.8. The monoisotopic (exact) mass is 228 g/mol. The summed E-state index contributed by atoms with van der Waals surface area (Å²) in [6.45, 7) is 2.01. The molecule has 0 saturated carbocycles. The van der Waals surface area contributed by atoms with Gasteiger partial charge in [-0.3, -0.25) is 11.3 Å². The fourth-order valence-corrected chi connectivity index (χ4v) is 2.03. The van der Waals surface area contributed by atoms with Crippen molar-refractivity contribution in [1.29, 1.82) is 0 Å². The highest BCUT2D eigenvalue weighted by atomic mass is 32.2. The number of hydrogen-bond acceptors (Lipinski definition) is 4. The van der Waals surface area contributed by atoms with Crippen LogP contribution in [0.5, 0.6) is 0 Å². The number of rotatable bonds is 4. The summed E-state index contributed by atoms with van der Waals surface area (Å²) in [4.78, 5) is 0.332. The highest BCUT2D eigenvalue weighted by Gasteiger charge is 2.09. The van der Waals surface area contributed by atoms with Gasteiger partial charge in [0.15, 0.2) is 9.84 Å². The van der Waals surface area contributed by atoms with E-state index in [9.17, 15) is 8.42 Å². The SMILES string of the molecule is CCC(NN)c1ccc(S(C)(=O)=O)cc1. The number of sulfone groups is 1. The topological polar surface area (TPSA) is 72.2 Å². The van der Waals surface area contributed by atoms with E-state index >= 15 is 0 Å². The standard InChI is InChI=1S/C10H16N2O2S/c1-3-10(12-11)8-4-6-9(7-5-8)15(2,13)14/h4-7,10,12H,3,11H2,1-2H3.